The number of ether oxygens (including phenoxy) is 1. The minimum atomic E-state index is -0.668. The van der Waals surface area contributed by atoms with Crippen LogP contribution in [0.1, 0.15) is 19.4 Å². The molecule has 0 saturated carbocycles. The van der Waals surface area contributed by atoms with Gasteiger partial charge in [-0.05, 0) is 73.6 Å². The zero-order valence-corrected chi connectivity index (χ0v) is 22.5. The molecule has 2 unspecified atom stereocenters. The molecule has 8 heteroatoms. The van der Waals surface area contributed by atoms with Gasteiger partial charge in [-0.25, -0.2) is 4.98 Å². The molecule has 1 saturated heterocycles. The average molecular weight is 524 g/mol. The van der Waals surface area contributed by atoms with Crippen LogP contribution in [0.5, 0.6) is 5.75 Å². The molecule has 0 radical (unpaired) electrons. The van der Waals surface area contributed by atoms with Crippen LogP contribution in [-0.4, -0.2) is 71.5 Å². The van der Waals surface area contributed by atoms with Gasteiger partial charge in [-0.1, -0.05) is 18.2 Å². The Morgan fingerprint density at radius 1 is 1.05 bits per heavy atom. The van der Waals surface area contributed by atoms with Crippen LogP contribution in [0, 0.1) is 5.92 Å². The van der Waals surface area contributed by atoms with Crippen LogP contribution in [0.15, 0.2) is 73.1 Å². The molecule has 1 fully saturated rings. The maximum atomic E-state index is 12.4. The van der Waals surface area contributed by atoms with Gasteiger partial charge in [0.25, 0.3) is 0 Å². The third kappa shape index (κ3) is 4.55. The molecule has 0 aliphatic carbocycles. The summed E-state index contributed by atoms with van der Waals surface area (Å²) in [6.45, 7) is 6.75. The molecule has 0 bridgehead atoms. The van der Waals surface area contributed by atoms with Crippen molar-refractivity contribution in [1.82, 2.24) is 25.4 Å². The van der Waals surface area contributed by atoms with Gasteiger partial charge in [-0.2, -0.15) is 0 Å². The van der Waals surface area contributed by atoms with E-state index in [4.69, 9.17) is 9.72 Å². The molecule has 39 heavy (non-hydrogen) atoms. The third-order valence-corrected chi connectivity index (χ3v) is 8.28. The summed E-state index contributed by atoms with van der Waals surface area (Å²) in [5.41, 5.74) is 4.30. The van der Waals surface area contributed by atoms with Gasteiger partial charge < -0.3 is 20.3 Å². The number of nitrogens with one attached hydrogen (secondary N) is 2. The number of nitrogens with zero attached hydrogens (tertiary/aromatic N) is 3. The van der Waals surface area contributed by atoms with Crippen molar-refractivity contribution in [2.24, 2.45) is 5.92 Å². The quantitative estimate of drug-likeness (QED) is 0.515. The Bertz CT molecular complexity index is 1500. The van der Waals surface area contributed by atoms with E-state index in [1.54, 1.807) is 4.90 Å². The van der Waals surface area contributed by atoms with Gasteiger partial charge in [0.2, 0.25) is 11.8 Å². The summed E-state index contributed by atoms with van der Waals surface area (Å²) in [6.07, 6.45) is 5.74. The summed E-state index contributed by atoms with van der Waals surface area (Å²) < 4.78 is 5.97. The number of fused-ring (bicyclic) bond motifs is 2. The Kier molecular flexibility index (Phi) is 6.35. The molecular weight excluding hydrogens is 490 g/mol. The van der Waals surface area contributed by atoms with Crippen LogP contribution in [-0.2, 0) is 9.59 Å². The van der Waals surface area contributed by atoms with Crippen molar-refractivity contribution in [3.63, 3.8) is 0 Å². The topological polar surface area (TPSA) is 86.8 Å². The normalized spacial score (nSPS) is 24.8. The lowest BCUT2D eigenvalue weighted by molar-refractivity contribution is -0.139. The lowest BCUT2D eigenvalue weighted by Gasteiger charge is -2.37. The minimum absolute atomic E-state index is 0.0223. The highest BCUT2D eigenvalue weighted by Gasteiger charge is 2.46. The van der Waals surface area contributed by atoms with E-state index in [9.17, 15) is 9.59 Å². The molecule has 2 N–H and O–H groups in total. The number of carbonyl (C=O) groups is 2. The summed E-state index contributed by atoms with van der Waals surface area (Å²) >= 11 is 0. The second-order valence-corrected chi connectivity index (χ2v) is 10.7. The summed E-state index contributed by atoms with van der Waals surface area (Å²) in [4.78, 5) is 33.5. The first-order valence-electron chi connectivity index (χ1n) is 13.4. The first kappa shape index (κ1) is 25.1. The van der Waals surface area contributed by atoms with Crippen LogP contribution in [0.4, 0.5) is 0 Å². The number of carbonyl (C=O) groups excluding carboxylic acids is 2. The second kappa shape index (κ2) is 9.85. The monoisotopic (exact) mass is 523 g/mol. The van der Waals surface area contributed by atoms with Crippen LogP contribution in [0.2, 0.25) is 0 Å². The number of piperazine rings is 1. The highest BCUT2D eigenvalue weighted by atomic mass is 16.5. The van der Waals surface area contributed by atoms with E-state index in [0.29, 0.717) is 13.2 Å². The van der Waals surface area contributed by atoms with E-state index in [-0.39, 0.29) is 23.8 Å². The summed E-state index contributed by atoms with van der Waals surface area (Å²) in [6, 6.07) is 18.2. The fourth-order valence-corrected chi connectivity index (χ4v) is 5.70. The number of pyridine rings is 1. The van der Waals surface area contributed by atoms with Gasteiger partial charge in [0.05, 0.1) is 17.3 Å². The first-order valence-corrected chi connectivity index (χ1v) is 13.4. The largest absolute Gasteiger partial charge is 0.492 e. The molecule has 1 aromatic heterocycles. The van der Waals surface area contributed by atoms with E-state index in [2.05, 4.69) is 39.8 Å². The Labute approximate surface area is 228 Å². The van der Waals surface area contributed by atoms with Gasteiger partial charge in [0.1, 0.15) is 17.9 Å². The number of benzene rings is 2. The van der Waals surface area contributed by atoms with E-state index in [0.717, 1.165) is 52.1 Å². The number of aromatic nitrogens is 1. The fraction of sp³-hybridized carbons (Fsp3) is 0.323. The van der Waals surface area contributed by atoms with Crippen LogP contribution < -0.4 is 15.4 Å². The van der Waals surface area contributed by atoms with E-state index in [1.165, 1.54) is 0 Å². The molecule has 6 rings (SSSR count). The SMILES string of the molecule is C[C@@H]1C(=O)N(C)CCN1CCOc1ccc(-c2ccc3cc(C4=CNC(=O)C5(C)NC=CC45)ccc3n2)cc1. The Morgan fingerprint density at radius 2 is 1.85 bits per heavy atom. The van der Waals surface area contributed by atoms with Crippen LogP contribution in [0.25, 0.3) is 27.7 Å². The number of likely N-dealkylation sites (N-methyl/N-ethyl adjacent to an activating group) is 1. The Hall–Kier alpha value is -4.17. The molecule has 0 spiro atoms. The number of rotatable bonds is 6. The molecule has 4 heterocycles. The molecule has 2 aromatic carbocycles. The van der Waals surface area contributed by atoms with Crippen LogP contribution in [0.3, 0.4) is 0 Å². The summed E-state index contributed by atoms with van der Waals surface area (Å²) in [7, 11) is 1.85. The smallest absolute Gasteiger partial charge is 0.250 e. The molecule has 3 aliphatic heterocycles. The fourth-order valence-electron chi connectivity index (χ4n) is 5.70. The molecular formula is C31H33N5O3. The van der Waals surface area contributed by atoms with Gasteiger partial charge >= 0.3 is 0 Å². The van der Waals surface area contributed by atoms with Crippen molar-refractivity contribution in [1.29, 1.82) is 0 Å². The van der Waals surface area contributed by atoms with Gasteiger partial charge in [-0.3, -0.25) is 14.5 Å². The highest BCUT2D eigenvalue weighted by molar-refractivity contribution is 5.96. The predicted molar refractivity (Wildman–Crippen MR) is 152 cm³/mol. The van der Waals surface area contributed by atoms with Crippen molar-refractivity contribution in [3.05, 3.63) is 78.6 Å². The number of amides is 2. The van der Waals surface area contributed by atoms with Crippen molar-refractivity contribution in [2.75, 3.05) is 33.3 Å². The zero-order chi connectivity index (χ0) is 27.1. The molecule has 3 aliphatic rings. The zero-order valence-electron chi connectivity index (χ0n) is 22.5. The predicted octanol–water partition coefficient (Wildman–Crippen LogP) is 3.41. The van der Waals surface area contributed by atoms with E-state index in [1.807, 2.05) is 69.7 Å². The van der Waals surface area contributed by atoms with Crippen molar-refractivity contribution in [3.8, 4) is 17.0 Å². The third-order valence-electron chi connectivity index (χ3n) is 8.28. The van der Waals surface area contributed by atoms with Crippen molar-refractivity contribution >= 4 is 28.3 Å². The molecule has 3 aromatic rings. The Balaban J connectivity index is 1.13. The lowest BCUT2D eigenvalue weighted by Crippen LogP contribution is -2.56. The number of hydrogen-bond acceptors (Lipinski definition) is 6. The molecule has 8 nitrogen and oxygen atoms in total. The average Bonchev–Trinajstić information content (AvgIpc) is 3.36. The van der Waals surface area contributed by atoms with Crippen molar-refractivity contribution in [2.45, 2.75) is 25.4 Å². The van der Waals surface area contributed by atoms with Crippen molar-refractivity contribution < 1.29 is 14.3 Å². The van der Waals surface area contributed by atoms with Gasteiger partial charge in [0.15, 0.2) is 0 Å². The number of hydrogen-bond donors (Lipinski definition) is 2. The highest BCUT2D eigenvalue weighted by Crippen LogP contribution is 2.39. The minimum Gasteiger partial charge on any atom is -0.492 e. The van der Waals surface area contributed by atoms with Crippen LogP contribution >= 0.6 is 0 Å². The van der Waals surface area contributed by atoms with E-state index < -0.39 is 5.54 Å². The molecule has 200 valence electrons. The van der Waals surface area contributed by atoms with Gasteiger partial charge in [-0.15, -0.1) is 0 Å². The van der Waals surface area contributed by atoms with Gasteiger partial charge in [0, 0.05) is 49.7 Å². The molecule has 2 amide bonds. The lowest BCUT2D eigenvalue weighted by atomic mass is 9.77. The molecule has 3 atom stereocenters. The maximum absolute atomic E-state index is 12.4. The summed E-state index contributed by atoms with van der Waals surface area (Å²) in [5, 5.41) is 7.17. The first-order chi connectivity index (χ1) is 18.8. The summed E-state index contributed by atoms with van der Waals surface area (Å²) in [5.74, 6) is 0.915. The Morgan fingerprint density at radius 3 is 2.67 bits per heavy atom. The maximum Gasteiger partial charge on any atom is 0.250 e. The van der Waals surface area contributed by atoms with E-state index >= 15 is 0 Å². The standard InChI is InChI=1S/C31H33N5O3/c1-20-29(37)35(3)14-15-36(20)16-17-39-24-8-4-21(5-9-24)27-11-7-23-18-22(6-10-28(23)34-27)25-19-32-30(38)31(2)26(25)12-13-33-31/h4-13,18-20,26,33H,14-17H2,1-3H3,(H,32,38)/t20-,26?,31?/m1/s1. The second-order valence-electron chi connectivity index (χ2n) is 10.7.